The van der Waals surface area contributed by atoms with Gasteiger partial charge in [-0.1, -0.05) is 34.8 Å². The number of hydrogen-bond donors (Lipinski definition) is 1. The molecule has 0 amide bonds. The van der Waals surface area contributed by atoms with E-state index in [1.54, 1.807) is 34.9 Å². The first-order chi connectivity index (χ1) is 10.0. The number of nitriles is 1. The van der Waals surface area contributed by atoms with Gasteiger partial charge >= 0.3 is 0 Å². The molecule has 1 heterocycles. The Morgan fingerprint density at radius 1 is 1.10 bits per heavy atom. The quantitative estimate of drug-likeness (QED) is 0.713. The van der Waals surface area contributed by atoms with E-state index in [4.69, 9.17) is 40.5 Å². The molecule has 0 aliphatic rings. The number of imidazole rings is 1. The third-order valence-corrected chi connectivity index (χ3v) is 4.00. The molecular weight excluding hydrogens is 331 g/mol. The number of nitrogens with two attached hydrogens (primary N) is 1. The minimum absolute atomic E-state index is 0.224. The van der Waals surface area contributed by atoms with E-state index >= 15 is 0 Å². The molecule has 21 heavy (non-hydrogen) atoms. The minimum Gasteiger partial charge on any atom is -0.369 e. The first-order valence-corrected chi connectivity index (χ1v) is 6.97. The Balaban J connectivity index is 2.41. The van der Waals surface area contributed by atoms with Crippen LogP contribution in [-0.2, 0) is 0 Å². The maximum atomic E-state index is 9.25. The summed E-state index contributed by atoms with van der Waals surface area (Å²) in [4.78, 5) is 4.24. The SMILES string of the molecule is N#Cc1ccc(Cl)cc1-n1c(N)nc2cc(Cl)c(Cl)cc21. The molecule has 3 aromatic rings. The third kappa shape index (κ3) is 2.30. The number of nitrogens with zero attached hydrogens (tertiary/aromatic N) is 3. The molecule has 4 nitrogen and oxygen atoms in total. The van der Waals surface area contributed by atoms with Gasteiger partial charge in [-0.3, -0.25) is 4.57 Å². The molecule has 0 bridgehead atoms. The second kappa shape index (κ2) is 5.12. The van der Waals surface area contributed by atoms with Crippen LogP contribution in [0.25, 0.3) is 16.7 Å². The largest absolute Gasteiger partial charge is 0.369 e. The summed E-state index contributed by atoms with van der Waals surface area (Å²) in [5, 5.41) is 10.5. The Labute approximate surface area is 135 Å². The van der Waals surface area contributed by atoms with Crippen molar-refractivity contribution in [1.82, 2.24) is 9.55 Å². The number of fused-ring (bicyclic) bond motifs is 1. The fourth-order valence-electron chi connectivity index (χ4n) is 2.13. The van der Waals surface area contributed by atoms with E-state index in [-0.39, 0.29) is 5.95 Å². The molecule has 2 N–H and O–H groups in total. The Morgan fingerprint density at radius 2 is 1.81 bits per heavy atom. The number of anilines is 1. The summed E-state index contributed by atoms with van der Waals surface area (Å²) in [6.45, 7) is 0. The van der Waals surface area contributed by atoms with Gasteiger partial charge in [0.05, 0.1) is 32.3 Å². The average Bonchev–Trinajstić information content (AvgIpc) is 2.74. The second-order valence-electron chi connectivity index (χ2n) is 4.33. The smallest absolute Gasteiger partial charge is 0.205 e. The topological polar surface area (TPSA) is 67.6 Å². The van der Waals surface area contributed by atoms with Gasteiger partial charge in [0.25, 0.3) is 0 Å². The standard InChI is InChI=1S/C14H7Cl3N4/c15-8-2-1-7(6-18)12(3-8)21-13-5-10(17)9(16)4-11(13)20-14(21)19/h1-5H,(H2,19,20). The molecule has 0 fully saturated rings. The lowest BCUT2D eigenvalue weighted by Gasteiger charge is -2.09. The van der Waals surface area contributed by atoms with Crippen molar-refractivity contribution < 1.29 is 0 Å². The van der Waals surface area contributed by atoms with Crippen molar-refractivity contribution in [2.45, 2.75) is 0 Å². The van der Waals surface area contributed by atoms with Crippen LogP contribution in [0.4, 0.5) is 5.95 Å². The van der Waals surface area contributed by atoms with Gasteiger partial charge in [0.1, 0.15) is 6.07 Å². The molecule has 104 valence electrons. The normalized spacial score (nSPS) is 10.8. The van der Waals surface area contributed by atoms with Crippen LogP contribution in [0.3, 0.4) is 0 Å². The van der Waals surface area contributed by atoms with Crippen molar-refractivity contribution in [3.63, 3.8) is 0 Å². The summed E-state index contributed by atoms with van der Waals surface area (Å²) in [5.41, 5.74) is 8.19. The van der Waals surface area contributed by atoms with E-state index in [0.29, 0.717) is 37.4 Å². The molecule has 0 radical (unpaired) electrons. The summed E-state index contributed by atoms with van der Waals surface area (Å²) in [7, 11) is 0. The van der Waals surface area contributed by atoms with Crippen molar-refractivity contribution in [1.29, 1.82) is 5.26 Å². The summed E-state index contributed by atoms with van der Waals surface area (Å²) in [6, 6.07) is 10.3. The van der Waals surface area contributed by atoms with Crippen LogP contribution < -0.4 is 5.73 Å². The lowest BCUT2D eigenvalue weighted by molar-refractivity contribution is 1.10. The maximum absolute atomic E-state index is 9.25. The summed E-state index contributed by atoms with van der Waals surface area (Å²) in [6.07, 6.45) is 0. The van der Waals surface area contributed by atoms with E-state index in [0.717, 1.165) is 0 Å². The Kier molecular flexibility index (Phi) is 3.42. The van der Waals surface area contributed by atoms with Gasteiger partial charge in [-0.15, -0.1) is 0 Å². The monoisotopic (exact) mass is 336 g/mol. The molecule has 0 spiro atoms. The third-order valence-electron chi connectivity index (χ3n) is 3.04. The summed E-state index contributed by atoms with van der Waals surface area (Å²) < 4.78 is 1.63. The van der Waals surface area contributed by atoms with Crippen LogP contribution in [0.5, 0.6) is 0 Å². The van der Waals surface area contributed by atoms with E-state index in [2.05, 4.69) is 11.1 Å². The van der Waals surface area contributed by atoms with Crippen molar-refractivity contribution in [2.75, 3.05) is 5.73 Å². The highest BCUT2D eigenvalue weighted by molar-refractivity contribution is 6.42. The van der Waals surface area contributed by atoms with Crippen molar-refractivity contribution in [3.8, 4) is 11.8 Å². The predicted octanol–water partition coefficient (Wildman–Crippen LogP) is 4.44. The molecule has 0 saturated heterocycles. The molecule has 0 unspecified atom stereocenters. The van der Waals surface area contributed by atoms with Crippen LogP contribution in [0.15, 0.2) is 30.3 Å². The summed E-state index contributed by atoms with van der Waals surface area (Å²) >= 11 is 18.1. The van der Waals surface area contributed by atoms with E-state index in [9.17, 15) is 5.26 Å². The van der Waals surface area contributed by atoms with Crippen LogP contribution in [0, 0.1) is 11.3 Å². The van der Waals surface area contributed by atoms with Gasteiger partial charge in [-0.05, 0) is 30.3 Å². The highest BCUT2D eigenvalue weighted by Crippen LogP contribution is 2.32. The number of hydrogen-bond acceptors (Lipinski definition) is 3. The van der Waals surface area contributed by atoms with Gasteiger partial charge in [-0.2, -0.15) is 5.26 Å². The highest BCUT2D eigenvalue weighted by atomic mass is 35.5. The van der Waals surface area contributed by atoms with Crippen molar-refractivity contribution in [2.24, 2.45) is 0 Å². The number of nitrogen functional groups attached to an aromatic ring is 1. The molecular formula is C14H7Cl3N4. The van der Waals surface area contributed by atoms with Gasteiger partial charge < -0.3 is 5.73 Å². The average molecular weight is 338 g/mol. The van der Waals surface area contributed by atoms with E-state index in [1.807, 2.05) is 0 Å². The lowest BCUT2D eigenvalue weighted by atomic mass is 10.2. The first-order valence-electron chi connectivity index (χ1n) is 5.84. The lowest BCUT2D eigenvalue weighted by Crippen LogP contribution is -2.02. The van der Waals surface area contributed by atoms with Gasteiger partial charge in [-0.25, -0.2) is 4.98 Å². The van der Waals surface area contributed by atoms with Crippen molar-refractivity contribution >= 4 is 51.8 Å². The molecule has 0 atom stereocenters. The maximum Gasteiger partial charge on any atom is 0.205 e. The Hall–Kier alpha value is -1.93. The Morgan fingerprint density at radius 3 is 2.52 bits per heavy atom. The van der Waals surface area contributed by atoms with Gasteiger partial charge in [0.2, 0.25) is 5.95 Å². The molecule has 7 heteroatoms. The molecule has 0 aliphatic carbocycles. The fraction of sp³-hybridized carbons (Fsp3) is 0. The fourth-order valence-corrected chi connectivity index (χ4v) is 2.61. The minimum atomic E-state index is 0.224. The Bertz CT molecular complexity index is 909. The predicted molar refractivity (Wildman–Crippen MR) is 85.2 cm³/mol. The first kappa shape index (κ1) is 14.0. The zero-order chi connectivity index (χ0) is 15.1. The van der Waals surface area contributed by atoms with E-state index in [1.165, 1.54) is 0 Å². The highest BCUT2D eigenvalue weighted by Gasteiger charge is 2.15. The van der Waals surface area contributed by atoms with Crippen LogP contribution in [-0.4, -0.2) is 9.55 Å². The molecule has 2 aromatic carbocycles. The van der Waals surface area contributed by atoms with Gasteiger partial charge in [0, 0.05) is 5.02 Å². The number of benzene rings is 2. The number of rotatable bonds is 1. The second-order valence-corrected chi connectivity index (χ2v) is 5.58. The van der Waals surface area contributed by atoms with E-state index < -0.39 is 0 Å². The number of aromatic nitrogens is 2. The van der Waals surface area contributed by atoms with Crippen molar-refractivity contribution in [3.05, 3.63) is 51.0 Å². The number of halogens is 3. The molecule has 0 saturated carbocycles. The molecule has 3 rings (SSSR count). The molecule has 0 aliphatic heterocycles. The van der Waals surface area contributed by atoms with Gasteiger partial charge in [0.15, 0.2) is 0 Å². The molecule has 1 aromatic heterocycles. The van der Waals surface area contributed by atoms with Crippen LogP contribution in [0.2, 0.25) is 15.1 Å². The van der Waals surface area contributed by atoms with Crippen LogP contribution in [0.1, 0.15) is 5.56 Å². The van der Waals surface area contributed by atoms with Crippen LogP contribution >= 0.6 is 34.8 Å². The zero-order valence-corrected chi connectivity index (χ0v) is 12.7. The zero-order valence-electron chi connectivity index (χ0n) is 10.4. The summed E-state index contributed by atoms with van der Waals surface area (Å²) in [5.74, 6) is 0.224.